The van der Waals surface area contributed by atoms with Gasteiger partial charge in [0.2, 0.25) is 0 Å². The number of rotatable bonds is 5. The van der Waals surface area contributed by atoms with Crippen molar-refractivity contribution in [2.75, 3.05) is 6.54 Å². The summed E-state index contributed by atoms with van der Waals surface area (Å²) in [6, 6.07) is 1.66. The molecule has 1 N–H and O–H groups in total. The first-order valence-corrected chi connectivity index (χ1v) is 6.70. The van der Waals surface area contributed by atoms with Crippen LogP contribution < -0.4 is 0 Å². The van der Waals surface area contributed by atoms with Gasteiger partial charge in [-0.1, -0.05) is 13.3 Å². The molecule has 0 saturated carbocycles. The van der Waals surface area contributed by atoms with E-state index in [0.29, 0.717) is 6.54 Å². The first kappa shape index (κ1) is 13.1. The summed E-state index contributed by atoms with van der Waals surface area (Å²) < 4.78 is 1.98. The van der Waals surface area contributed by atoms with Gasteiger partial charge >= 0.3 is 5.97 Å². The number of carbonyl (C=O) groups is 1. The Labute approximate surface area is 107 Å². The predicted molar refractivity (Wildman–Crippen MR) is 68.2 cm³/mol. The van der Waals surface area contributed by atoms with E-state index in [4.69, 9.17) is 0 Å². The minimum absolute atomic E-state index is 0.330. The number of likely N-dealkylation sites (tertiary alicyclic amines) is 1. The summed E-state index contributed by atoms with van der Waals surface area (Å²) in [5.41, 5.74) is 1.12. The van der Waals surface area contributed by atoms with E-state index in [-0.39, 0.29) is 6.04 Å². The number of nitrogens with zero attached hydrogens (tertiary/aromatic N) is 3. The smallest absolute Gasteiger partial charge is 0.320 e. The molecule has 0 aliphatic carbocycles. The summed E-state index contributed by atoms with van der Waals surface area (Å²) in [5, 5.41) is 13.5. The number of piperidine rings is 1. The van der Waals surface area contributed by atoms with E-state index in [1.807, 2.05) is 10.7 Å². The van der Waals surface area contributed by atoms with Crippen LogP contribution in [0.3, 0.4) is 0 Å². The predicted octanol–water partition coefficient (Wildman–Crippen LogP) is 1.73. The Balaban J connectivity index is 2.06. The number of hydrogen-bond acceptors (Lipinski definition) is 3. The Morgan fingerprint density at radius 3 is 3.11 bits per heavy atom. The maximum absolute atomic E-state index is 11.2. The summed E-state index contributed by atoms with van der Waals surface area (Å²) in [6.07, 6.45) is 5.70. The van der Waals surface area contributed by atoms with E-state index in [1.54, 1.807) is 6.20 Å². The van der Waals surface area contributed by atoms with Crippen molar-refractivity contribution in [1.29, 1.82) is 0 Å². The molecule has 5 heteroatoms. The molecule has 1 aliphatic heterocycles. The largest absolute Gasteiger partial charge is 0.480 e. The number of aromatic nitrogens is 2. The minimum Gasteiger partial charge on any atom is -0.480 e. The van der Waals surface area contributed by atoms with Gasteiger partial charge < -0.3 is 5.11 Å². The fourth-order valence-electron chi connectivity index (χ4n) is 2.58. The molecule has 1 aromatic heterocycles. The van der Waals surface area contributed by atoms with Crippen LogP contribution in [0.5, 0.6) is 0 Å². The average molecular weight is 251 g/mol. The highest BCUT2D eigenvalue weighted by molar-refractivity contribution is 5.73. The molecule has 1 unspecified atom stereocenters. The Kier molecular flexibility index (Phi) is 4.36. The molecule has 5 nitrogen and oxygen atoms in total. The normalized spacial score (nSPS) is 21.1. The molecule has 2 rings (SSSR count). The second-order valence-electron chi connectivity index (χ2n) is 4.87. The highest BCUT2D eigenvalue weighted by atomic mass is 16.4. The molecule has 0 radical (unpaired) electrons. The van der Waals surface area contributed by atoms with E-state index in [9.17, 15) is 9.90 Å². The second-order valence-corrected chi connectivity index (χ2v) is 4.87. The third kappa shape index (κ3) is 2.90. The molecule has 2 heterocycles. The molecule has 1 fully saturated rings. The average Bonchev–Trinajstić information content (AvgIpc) is 2.78. The fourth-order valence-corrected chi connectivity index (χ4v) is 2.58. The molecule has 0 amide bonds. The summed E-state index contributed by atoms with van der Waals surface area (Å²) in [5.74, 6) is -0.698. The van der Waals surface area contributed by atoms with Crippen LogP contribution in [-0.4, -0.2) is 38.3 Å². The summed E-state index contributed by atoms with van der Waals surface area (Å²) >= 11 is 0. The van der Waals surface area contributed by atoms with Crippen LogP contribution in [-0.2, 0) is 17.9 Å². The molecule has 1 aliphatic rings. The maximum Gasteiger partial charge on any atom is 0.320 e. The number of aliphatic carboxylic acids is 1. The van der Waals surface area contributed by atoms with Crippen molar-refractivity contribution in [1.82, 2.24) is 14.7 Å². The van der Waals surface area contributed by atoms with Crippen molar-refractivity contribution in [3.8, 4) is 0 Å². The topological polar surface area (TPSA) is 58.4 Å². The molecular formula is C13H21N3O2. The number of carboxylic acids is 1. The van der Waals surface area contributed by atoms with Gasteiger partial charge in [0.05, 0.1) is 5.69 Å². The molecule has 18 heavy (non-hydrogen) atoms. The van der Waals surface area contributed by atoms with Gasteiger partial charge in [0.15, 0.2) is 0 Å². The molecule has 1 saturated heterocycles. The zero-order chi connectivity index (χ0) is 13.0. The molecular weight excluding hydrogens is 230 g/mol. The van der Waals surface area contributed by atoms with Crippen molar-refractivity contribution in [3.05, 3.63) is 18.0 Å². The third-order valence-electron chi connectivity index (χ3n) is 3.50. The molecule has 100 valence electrons. The Hall–Kier alpha value is -1.36. The first-order valence-electron chi connectivity index (χ1n) is 6.70. The van der Waals surface area contributed by atoms with Crippen LogP contribution in [0.2, 0.25) is 0 Å². The Morgan fingerprint density at radius 2 is 2.39 bits per heavy atom. The van der Waals surface area contributed by atoms with Gasteiger partial charge in [-0.05, 0) is 31.9 Å². The standard InChI is InChI=1S/C13H21N3O2/c1-2-8-16-11(6-7-14-16)10-15-9-4-3-5-12(15)13(17)18/h6-7,12H,2-5,8-10H2,1H3,(H,17,18). The Bertz CT molecular complexity index is 403. The van der Waals surface area contributed by atoms with Crippen molar-refractivity contribution in [3.63, 3.8) is 0 Å². The summed E-state index contributed by atoms with van der Waals surface area (Å²) in [7, 11) is 0. The molecule has 0 aromatic carbocycles. The zero-order valence-corrected chi connectivity index (χ0v) is 10.9. The van der Waals surface area contributed by atoms with Crippen LogP contribution in [0, 0.1) is 0 Å². The van der Waals surface area contributed by atoms with E-state index in [2.05, 4.69) is 16.9 Å². The third-order valence-corrected chi connectivity index (χ3v) is 3.50. The quantitative estimate of drug-likeness (QED) is 0.866. The van der Waals surface area contributed by atoms with Gasteiger partial charge in [0, 0.05) is 19.3 Å². The highest BCUT2D eigenvalue weighted by Gasteiger charge is 2.28. The lowest BCUT2D eigenvalue weighted by Crippen LogP contribution is -2.44. The van der Waals surface area contributed by atoms with E-state index < -0.39 is 5.97 Å². The van der Waals surface area contributed by atoms with Crippen molar-refractivity contribution >= 4 is 5.97 Å². The molecule has 1 atom stereocenters. The summed E-state index contributed by atoms with van der Waals surface area (Å²) in [6.45, 7) is 4.57. The maximum atomic E-state index is 11.2. The number of carboxylic acid groups (broad SMARTS) is 1. The van der Waals surface area contributed by atoms with Crippen LogP contribution in [0.15, 0.2) is 12.3 Å². The van der Waals surface area contributed by atoms with Gasteiger partial charge in [0.1, 0.15) is 6.04 Å². The van der Waals surface area contributed by atoms with E-state index in [1.165, 1.54) is 0 Å². The second kappa shape index (κ2) is 6.00. The SMILES string of the molecule is CCCn1nccc1CN1CCCCC1C(=O)O. The highest BCUT2D eigenvalue weighted by Crippen LogP contribution is 2.19. The van der Waals surface area contributed by atoms with Gasteiger partial charge in [-0.15, -0.1) is 0 Å². The van der Waals surface area contributed by atoms with Crippen molar-refractivity contribution in [2.45, 2.75) is 51.7 Å². The van der Waals surface area contributed by atoms with Gasteiger partial charge in [-0.2, -0.15) is 5.10 Å². The van der Waals surface area contributed by atoms with E-state index >= 15 is 0 Å². The molecule has 1 aromatic rings. The molecule has 0 spiro atoms. The van der Waals surface area contributed by atoms with Gasteiger partial charge in [0.25, 0.3) is 0 Å². The lowest BCUT2D eigenvalue weighted by atomic mass is 10.0. The number of aryl methyl sites for hydroxylation is 1. The summed E-state index contributed by atoms with van der Waals surface area (Å²) in [4.78, 5) is 13.3. The number of hydrogen-bond donors (Lipinski definition) is 1. The minimum atomic E-state index is -0.698. The zero-order valence-electron chi connectivity index (χ0n) is 10.9. The van der Waals surface area contributed by atoms with Crippen LogP contribution in [0.1, 0.15) is 38.3 Å². The monoisotopic (exact) mass is 251 g/mol. The van der Waals surface area contributed by atoms with Gasteiger partial charge in [-0.25, -0.2) is 0 Å². The van der Waals surface area contributed by atoms with E-state index in [0.717, 1.165) is 44.5 Å². The van der Waals surface area contributed by atoms with Crippen molar-refractivity contribution < 1.29 is 9.90 Å². The van der Waals surface area contributed by atoms with Crippen LogP contribution in [0.4, 0.5) is 0 Å². The molecule has 0 bridgehead atoms. The lowest BCUT2D eigenvalue weighted by molar-refractivity contribution is -0.144. The first-order chi connectivity index (χ1) is 8.72. The van der Waals surface area contributed by atoms with Crippen LogP contribution in [0.25, 0.3) is 0 Å². The fraction of sp³-hybridized carbons (Fsp3) is 0.692. The van der Waals surface area contributed by atoms with Gasteiger partial charge in [-0.3, -0.25) is 14.4 Å². The lowest BCUT2D eigenvalue weighted by Gasteiger charge is -2.32. The Morgan fingerprint density at radius 1 is 1.56 bits per heavy atom. The van der Waals surface area contributed by atoms with Crippen molar-refractivity contribution in [2.24, 2.45) is 0 Å². The van der Waals surface area contributed by atoms with Crippen LogP contribution >= 0.6 is 0 Å².